The zero-order valence-corrected chi connectivity index (χ0v) is 18.2. The number of rotatable bonds is 4. The van der Waals surface area contributed by atoms with Gasteiger partial charge >= 0.3 is 5.97 Å². The fraction of sp³-hybridized carbons (Fsp3) is 0.350. The Balaban J connectivity index is 1.39. The van der Waals surface area contributed by atoms with Crippen molar-refractivity contribution in [2.75, 3.05) is 26.3 Å². The van der Waals surface area contributed by atoms with Crippen LogP contribution in [0.2, 0.25) is 10.0 Å². The van der Waals surface area contributed by atoms with E-state index in [0.717, 1.165) is 0 Å². The van der Waals surface area contributed by atoms with Crippen LogP contribution in [0.15, 0.2) is 41.3 Å². The van der Waals surface area contributed by atoms with Crippen LogP contribution in [-0.4, -0.2) is 45.0 Å². The number of carbonyl (C=O) groups is 1. The van der Waals surface area contributed by atoms with E-state index < -0.39 is 21.9 Å². The highest BCUT2D eigenvalue weighted by Gasteiger charge is 2.33. The normalized spacial score (nSPS) is 17.5. The van der Waals surface area contributed by atoms with Gasteiger partial charge in [-0.15, -0.1) is 0 Å². The molecule has 0 radical (unpaired) electrons. The highest BCUT2D eigenvalue weighted by molar-refractivity contribution is 7.89. The largest absolute Gasteiger partial charge is 0.486 e. The molecule has 2 aliphatic rings. The molecule has 1 fully saturated rings. The SMILES string of the molecule is O=C(Oc1ccc(Cl)c(Cl)c1)C1CCN(S(=O)(=O)c2ccc3c(c2)OCCO3)CC1. The molecule has 7 nitrogen and oxygen atoms in total. The number of sulfonamides is 1. The Hall–Kier alpha value is -2.00. The van der Waals surface area contributed by atoms with Crippen molar-refractivity contribution in [2.45, 2.75) is 17.7 Å². The second-order valence-electron chi connectivity index (χ2n) is 6.98. The number of ether oxygens (including phenoxy) is 3. The van der Waals surface area contributed by atoms with Crippen LogP contribution in [0.1, 0.15) is 12.8 Å². The Bertz CT molecular complexity index is 1070. The summed E-state index contributed by atoms with van der Waals surface area (Å²) in [5, 5.41) is 0.663. The molecule has 0 aromatic heterocycles. The number of hydrogen-bond donors (Lipinski definition) is 0. The smallest absolute Gasteiger partial charge is 0.314 e. The zero-order valence-electron chi connectivity index (χ0n) is 15.8. The molecule has 0 saturated carbocycles. The molecule has 2 aromatic carbocycles. The van der Waals surface area contributed by atoms with Crippen LogP contribution in [-0.2, 0) is 14.8 Å². The standard InChI is InChI=1S/C20H19Cl2NO6S/c21-16-3-1-14(11-17(16)22)29-20(24)13-5-7-23(8-6-13)30(25,26)15-2-4-18-19(12-15)28-10-9-27-18/h1-4,11-13H,5-10H2. The maximum absolute atomic E-state index is 13.0. The summed E-state index contributed by atoms with van der Waals surface area (Å²) in [4.78, 5) is 12.6. The quantitative estimate of drug-likeness (QED) is 0.498. The summed E-state index contributed by atoms with van der Waals surface area (Å²) in [6.07, 6.45) is 0.730. The molecule has 0 N–H and O–H groups in total. The average molecular weight is 472 g/mol. The molecule has 2 aliphatic heterocycles. The lowest BCUT2D eigenvalue weighted by Gasteiger charge is -2.30. The number of nitrogens with zero attached hydrogens (tertiary/aromatic N) is 1. The molecule has 0 aliphatic carbocycles. The fourth-order valence-corrected chi connectivity index (χ4v) is 5.18. The van der Waals surface area contributed by atoms with Gasteiger partial charge in [-0.3, -0.25) is 4.79 Å². The van der Waals surface area contributed by atoms with E-state index in [1.165, 1.54) is 22.5 Å². The maximum atomic E-state index is 13.0. The third-order valence-corrected chi connectivity index (χ3v) is 7.68. The van der Waals surface area contributed by atoms with E-state index in [0.29, 0.717) is 53.3 Å². The van der Waals surface area contributed by atoms with Crippen LogP contribution < -0.4 is 14.2 Å². The van der Waals surface area contributed by atoms with Gasteiger partial charge in [0.25, 0.3) is 0 Å². The predicted molar refractivity (Wildman–Crippen MR) is 111 cm³/mol. The van der Waals surface area contributed by atoms with Crippen molar-refractivity contribution in [1.82, 2.24) is 4.31 Å². The summed E-state index contributed by atoms with van der Waals surface area (Å²) in [5.74, 6) is 0.447. The summed E-state index contributed by atoms with van der Waals surface area (Å²) >= 11 is 11.8. The number of piperidine rings is 1. The monoisotopic (exact) mass is 471 g/mol. The number of hydrogen-bond acceptors (Lipinski definition) is 6. The minimum Gasteiger partial charge on any atom is -0.486 e. The molecule has 0 spiro atoms. The number of benzene rings is 2. The van der Waals surface area contributed by atoms with E-state index in [1.807, 2.05) is 0 Å². The van der Waals surface area contributed by atoms with Crippen molar-refractivity contribution < 1.29 is 27.4 Å². The Kier molecular flexibility index (Phi) is 6.11. The van der Waals surface area contributed by atoms with Crippen molar-refractivity contribution in [1.29, 1.82) is 0 Å². The van der Waals surface area contributed by atoms with Crippen molar-refractivity contribution in [3.8, 4) is 17.2 Å². The zero-order chi connectivity index (χ0) is 21.3. The predicted octanol–water partition coefficient (Wildman–Crippen LogP) is 3.77. The van der Waals surface area contributed by atoms with Crippen LogP contribution >= 0.6 is 23.2 Å². The molecule has 0 amide bonds. The van der Waals surface area contributed by atoms with Gasteiger partial charge in [-0.25, -0.2) is 8.42 Å². The summed E-state index contributed by atoms with van der Waals surface area (Å²) in [7, 11) is -3.70. The third-order valence-electron chi connectivity index (χ3n) is 5.05. The van der Waals surface area contributed by atoms with Gasteiger partial charge in [-0.2, -0.15) is 4.31 Å². The van der Waals surface area contributed by atoms with Crippen molar-refractivity contribution in [2.24, 2.45) is 5.92 Å². The van der Waals surface area contributed by atoms with E-state index in [2.05, 4.69) is 0 Å². The fourth-order valence-electron chi connectivity index (χ4n) is 3.40. The maximum Gasteiger partial charge on any atom is 0.314 e. The van der Waals surface area contributed by atoms with Gasteiger partial charge in [-0.05, 0) is 37.1 Å². The van der Waals surface area contributed by atoms with Gasteiger partial charge in [0.1, 0.15) is 19.0 Å². The van der Waals surface area contributed by atoms with Crippen LogP contribution in [0.3, 0.4) is 0 Å². The molecule has 2 heterocycles. The van der Waals surface area contributed by atoms with E-state index in [4.69, 9.17) is 37.4 Å². The molecule has 160 valence electrons. The Morgan fingerprint density at radius 3 is 2.37 bits per heavy atom. The summed E-state index contributed by atoms with van der Waals surface area (Å²) in [5.41, 5.74) is 0. The first kappa shape index (κ1) is 21.2. The first-order valence-electron chi connectivity index (χ1n) is 9.41. The second kappa shape index (κ2) is 8.63. The molecule has 0 atom stereocenters. The molecule has 10 heteroatoms. The molecule has 1 saturated heterocycles. The number of halogens is 2. The summed E-state index contributed by atoms with van der Waals surface area (Å²) in [6, 6.07) is 9.18. The molecular formula is C20H19Cl2NO6S. The number of fused-ring (bicyclic) bond motifs is 1. The lowest BCUT2D eigenvalue weighted by Crippen LogP contribution is -2.41. The van der Waals surface area contributed by atoms with Gasteiger partial charge in [0.05, 0.1) is 20.9 Å². The summed E-state index contributed by atoms with van der Waals surface area (Å²) < 4.78 is 43.7. The molecule has 4 rings (SSSR count). The minimum absolute atomic E-state index is 0.142. The highest BCUT2D eigenvalue weighted by atomic mass is 35.5. The average Bonchev–Trinajstić information content (AvgIpc) is 2.76. The van der Waals surface area contributed by atoms with Crippen LogP contribution in [0.25, 0.3) is 0 Å². The van der Waals surface area contributed by atoms with Crippen LogP contribution in [0.5, 0.6) is 17.2 Å². The van der Waals surface area contributed by atoms with E-state index >= 15 is 0 Å². The van der Waals surface area contributed by atoms with Crippen molar-refractivity contribution in [3.05, 3.63) is 46.4 Å². The molecular weight excluding hydrogens is 453 g/mol. The van der Waals surface area contributed by atoms with Crippen molar-refractivity contribution in [3.63, 3.8) is 0 Å². The van der Waals surface area contributed by atoms with Gasteiger partial charge in [0.15, 0.2) is 11.5 Å². The van der Waals surface area contributed by atoms with E-state index in [9.17, 15) is 13.2 Å². The molecule has 2 aromatic rings. The number of carbonyl (C=O) groups excluding carboxylic acids is 1. The van der Waals surface area contributed by atoms with Gasteiger partial charge in [-0.1, -0.05) is 23.2 Å². The lowest BCUT2D eigenvalue weighted by atomic mass is 9.98. The highest BCUT2D eigenvalue weighted by Crippen LogP contribution is 2.34. The summed E-state index contributed by atoms with van der Waals surface area (Å²) in [6.45, 7) is 1.25. The van der Waals surface area contributed by atoms with Crippen molar-refractivity contribution >= 4 is 39.2 Å². The first-order valence-corrected chi connectivity index (χ1v) is 11.6. The topological polar surface area (TPSA) is 82.1 Å². The Morgan fingerprint density at radius 1 is 0.967 bits per heavy atom. The first-order chi connectivity index (χ1) is 14.3. The second-order valence-corrected chi connectivity index (χ2v) is 9.73. The van der Waals surface area contributed by atoms with Crippen LogP contribution in [0, 0.1) is 5.92 Å². The van der Waals surface area contributed by atoms with Gasteiger partial charge in [0, 0.05) is 25.2 Å². The number of esters is 1. The molecule has 0 unspecified atom stereocenters. The van der Waals surface area contributed by atoms with Gasteiger partial charge < -0.3 is 14.2 Å². The lowest BCUT2D eigenvalue weighted by molar-refractivity contribution is -0.140. The van der Waals surface area contributed by atoms with E-state index in [-0.39, 0.29) is 18.0 Å². The minimum atomic E-state index is -3.70. The van der Waals surface area contributed by atoms with Crippen LogP contribution in [0.4, 0.5) is 0 Å². The molecule has 30 heavy (non-hydrogen) atoms. The Labute approximate surface area is 184 Å². The van der Waals surface area contributed by atoms with Gasteiger partial charge in [0.2, 0.25) is 10.0 Å². The molecule has 0 bridgehead atoms. The van der Waals surface area contributed by atoms with E-state index in [1.54, 1.807) is 18.2 Å². The Morgan fingerprint density at radius 2 is 1.67 bits per heavy atom. The third kappa shape index (κ3) is 4.37.